The second kappa shape index (κ2) is 10.5. The van der Waals surface area contributed by atoms with Crippen LogP contribution in [0.25, 0.3) is 0 Å². The van der Waals surface area contributed by atoms with E-state index in [1.165, 1.54) is 0 Å². The Bertz CT molecular complexity index is 1080. The number of hydrogen-bond donors (Lipinski definition) is 2. The zero-order chi connectivity index (χ0) is 22.4. The number of carbonyl (C=O) groups is 2. The number of nitrogens with one attached hydrogen (secondary N) is 2. The zero-order valence-corrected chi connectivity index (χ0v) is 19.4. The van der Waals surface area contributed by atoms with Crippen LogP contribution in [0.5, 0.6) is 5.75 Å². The van der Waals surface area contributed by atoms with Crippen molar-refractivity contribution >= 4 is 45.0 Å². The van der Waals surface area contributed by atoms with Gasteiger partial charge in [-0.25, -0.2) is 0 Å². The summed E-state index contributed by atoms with van der Waals surface area (Å²) in [5.41, 5.74) is 1.98. The highest BCUT2D eigenvalue weighted by Crippen LogP contribution is 2.29. The Kier molecular flexibility index (Phi) is 7.71. The topological polar surface area (TPSA) is 67.4 Å². The normalized spacial score (nSPS) is 12.5. The lowest BCUT2D eigenvalue weighted by Gasteiger charge is -2.17. The fourth-order valence-corrected chi connectivity index (χ4v) is 3.68. The molecule has 0 fully saturated rings. The van der Waals surface area contributed by atoms with Crippen molar-refractivity contribution < 1.29 is 14.3 Å². The third-order valence-corrected chi connectivity index (χ3v) is 5.46. The van der Waals surface area contributed by atoms with Gasteiger partial charge in [0.25, 0.3) is 11.8 Å². The van der Waals surface area contributed by atoms with E-state index in [4.69, 9.17) is 16.3 Å². The van der Waals surface area contributed by atoms with Crippen LogP contribution in [0.1, 0.15) is 35.8 Å². The molecule has 0 radical (unpaired) electrons. The Morgan fingerprint density at radius 3 is 2.42 bits per heavy atom. The Labute approximate surface area is 194 Å². The summed E-state index contributed by atoms with van der Waals surface area (Å²) in [7, 11) is 0. The number of hydrogen-bond acceptors (Lipinski definition) is 3. The smallest absolute Gasteiger partial charge is 0.265 e. The van der Waals surface area contributed by atoms with Gasteiger partial charge < -0.3 is 15.4 Å². The fourth-order valence-electron chi connectivity index (χ4n) is 2.90. The second-order valence-corrected chi connectivity index (χ2v) is 8.30. The minimum Gasteiger partial charge on any atom is -0.480 e. The molecule has 0 aliphatic rings. The molecule has 0 aliphatic heterocycles. The summed E-state index contributed by atoms with van der Waals surface area (Å²) in [5.74, 6) is -0.0472. The number of benzene rings is 3. The molecule has 2 N–H and O–H groups in total. The molecule has 3 rings (SSSR count). The molecular formula is C24H22BrClN2O3. The van der Waals surface area contributed by atoms with Crippen LogP contribution in [0.2, 0.25) is 5.02 Å². The fraction of sp³-hybridized carbons (Fsp3) is 0.167. The summed E-state index contributed by atoms with van der Waals surface area (Å²) in [5, 5.41) is 6.32. The Morgan fingerprint density at radius 1 is 0.968 bits per heavy atom. The summed E-state index contributed by atoms with van der Waals surface area (Å²) in [6.07, 6.45) is -0.756. The second-order valence-electron chi connectivity index (χ2n) is 7.01. The molecule has 0 aromatic heterocycles. The Balaban J connectivity index is 1.62. The molecular weight excluding hydrogens is 480 g/mol. The molecule has 31 heavy (non-hydrogen) atoms. The van der Waals surface area contributed by atoms with Gasteiger partial charge >= 0.3 is 0 Å². The molecule has 3 aromatic carbocycles. The summed E-state index contributed by atoms with van der Waals surface area (Å²) in [6, 6.07) is 21.4. The number of anilines is 1. The Hall–Kier alpha value is -2.83. The molecule has 5 nitrogen and oxygen atoms in total. The first kappa shape index (κ1) is 22.8. The zero-order valence-electron chi connectivity index (χ0n) is 17.1. The van der Waals surface area contributed by atoms with Crippen molar-refractivity contribution in [2.24, 2.45) is 0 Å². The minimum atomic E-state index is -0.756. The quantitative estimate of drug-likeness (QED) is 0.417. The van der Waals surface area contributed by atoms with Gasteiger partial charge in [-0.15, -0.1) is 0 Å². The molecule has 0 spiro atoms. The van der Waals surface area contributed by atoms with Gasteiger partial charge in [-0.3, -0.25) is 9.59 Å². The monoisotopic (exact) mass is 500 g/mol. The molecule has 7 heteroatoms. The van der Waals surface area contributed by atoms with Crippen LogP contribution in [0.3, 0.4) is 0 Å². The van der Waals surface area contributed by atoms with Gasteiger partial charge in [-0.1, -0.05) is 48.0 Å². The summed E-state index contributed by atoms with van der Waals surface area (Å²) >= 11 is 9.30. The van der Waals surface area contributed by atoms with Crippen molar-refractivity contribution in [2.45, 2.75) is 26.0 Å². The number of halogens is 2. The standard InChI is InChI=1S/C24H22BrClN2O3/c1-15(17-7-4-3-5-8-17)27-24(30)18-9-6-10-20(13-18)28-23(29)16(2)31-22-12-11-19(26)14-21(22)25/h3-16H,1-2H3,(H,27,30)(H,28,29). The van der Waals surface area contributed by atoms with Crippen molar-refractivity contribution in [3.63, 3.8) is 0 Å². The molecule has 0 bridgehead atoms. The summed E-state index contributed by atoms with van der Waals surface area (Å²) in [6.45, 7) is 3.57. The van der Waals surface area contributed by atoms with Crippen LogP contribution < -0.4 is 15.4 Å². The number of rotatable bonds is 7. The maximum atomic E-state index is 12.6. The van der Waals surface area contributed by atoms with Crippen LogP contribution in [-0.2, 0) is 4.79 Å². The van der Waals surface area contributed by atoms with Crippen LogP contribution in [0.15, 0.2) is 77.3 Å². The predicted molar refractivity (Wildman–Crippen MR) is 127 cm³/mol. The van der Waals surface area contributed by atoms with E-state index in [9.17, 15) is 9.59 Å². The maximum Gasteiger partial charge on any atom is 0.265 e. The molecule has 0 heterocycles. The van der Waals surface area contributed by atoms with E-state index in [1.54, 1.807) is 49.4 Å². The van der Waals surface area contributed by atoms with E-state index >= 15 is 0 Å². The lowest BCUT2D eigenvalue weighted by molar-refractivity contribution is -0.122. The first-order valence-corrected chi connectivity index (χ1v) is 10.9. The average Bonchev–Trinajstić information content (AvgIpc) is 2.76. The minimum absolute atomic E-state index is 0.141. The largest absolute Gasteiger partial charge is 0.480 e. The van der Waals surface area contributed by atoms with E-state index < -0.39 is 6.10 Å². The first-order chi connectivity index (χ1) is 14.8. The molecule has 0 saturated carbocycles. The van der Waals surface area contributed by atoms with E-state index in [0.29, 0.717) is 26.5 Å². The summed E-state index contributed by atoms with van der Waals surface area (Å²) in [4.78, 5) is 25.2. The first-order valence-electron chi connectivity index (χ1n) is 9.72. The average molecular weight is 502 g/mol. The summed E-state index contributed by atoms with van der Waals surface area (Å²) < 4.78 is 6.37. The van der Waals surface area contributed by atoms with E-state index in [0.717, 1.165) is 5.56 Å². The molecule has 0 saturated heterocycles. The highest BCUT2D eigenvalue weighted by molar-refractivity contribution is 9.10. The van der Waals surface area contributed by atoms with Crippen molar-refractivity contribution in [3.05, 3.63) is 93.4 Å². The lowest BCUT2D eigenvalue weighted by Crippen LogP contribution is -2.30. The molecule has 2 amide bonds. The van der Waals surface area contributed by atoms with Crippen LogP contribution in [0.4, 0.5) is 5.69 Å². The van der Waals surface area contributed by atoms with Crippen molar-refractivity contribution in [2.75, 3.05) is 5.32 Å². The van der Waals surface area contributed by atoms with Crippen LogP contribution >= 0.6 is 27.5 Å². The van der Waals surface area contributed by atoms with Gasteiger partial charge in [0.1, 0.15) is 5.75 Å². The lowest BCUT2D eigenvalue weighted by atomic mass is 10.1. The number of amides is 2. The van der Waals surface area contributed by atoms with Gasteiger partial charge in [0.2, 0.25) is 0 Å². The maximum absolute atomic E-state index is 12.6. The van der Waals surface area contributed by atoms with Gasteiger partial charge in [-0.05, 0) is 71.7 Å². The highest BCUT2D eigenvalue weighted by Gasteiger charge is 2.17. The Morgan fingerprint density at radius 2 is 1.71 bits per heavy atom. The van der Waals surface area contributed by atoms with Crippen molar-refractivity contribution in [1.29, 1.82) is 0 Å². The number of ether oxygens (including phenoxy) is 1. The number of carbonyl (C=O) groups excluding carboxylic acids is 2. The molecule has 160 valence electrons. The van der Waals surface area contributed by atoms with Gasteiger partial charge in [-0.2, -0.15) is 0 Å². The van der Waals surface area contributed by atoms with Crippen LogP contribution in [-0.4, -0.2) is 17.9 Å². The van der Waals surface area contributed by atoms with Crippen LogP contribution in [0, 0.1) is 0 Å². The van der Waals surface area contributed by atoms with Crippen molar-refractivity contribution in [1.82, 2.24) is 5.32 Å². The van der Waals surface area contributed by atoms with Gasteiger partial charge in [0.15, 0.2) is 6.10 Å². The van der Waals surface area contributed by atoms with Gasteiger partial charge in [0, 0.05) is 16.3 Å². The molecule has 3 aromatic rings. The molecule has 2 atom stereocenters. The van der Waals surface area contributed by atoms with E-state index in [1.807, 2.05) is 37.3 Å². The SMILES string of the molecule is CC(Oc1ccc(Cl)cc1Br)C(=O)Nc1cccc(C(=O)NC(C)c2ccccc2)c1. The molecule has 0 aliphatic carbocycles. The van der Waals surface area contributed by atoms with E-state index in [-0.39, 0.29) is 17.9 Å². The van der Waals surface area contributed by atoms with E-state index in [2.05, 4.69) is 26.6 Å². The van der Waals surface area contributed by atoms with Gasteiger partial charge in [0.05, 0.1) is 10.5 Å². The highest BCUT2D eigenvalue weighted by atomic mass is 79.9. The molecule has 2 unspecified atom stereocenters. The third-order valence-electron chi connectivity index (χ3n) is 4.61. The van der Waals surface area contributed by atoms with Crippen molar-refractivity contribution in [3.8, 4) is 5.75 Å². The predicted octanol–water partition coefficient (Wildman–Crippen LogP) is 6.00. The third kappa shape index (κ3) is 6.32.